The van der Waals surface area contributed by atoms with E-state index >= 15 is 0 Å². The number of anilines is 1. The number of hydrogen-bond donors (Lipinski definition) is 1. The molecule has 0 spiro atoms. The van der Waals surface area contributed by atoms with Crippen LogP contribution >= 0.6 is 12.2 Å². The molecule has 1 saturated heterocycles. The minimum Gasteiger partial charge on any atom is -0.389 e. The van der Waals surface area contributed by atoms with E-state index in [0.717, 1.165) is 11.5 Å². The van der Waals surface area contributed by atoms with Crippen LogP contribution in [0, 0.1) is 12.8 Å². The largest absolute Gasteiger partial charge is 0.389 e. The van der Waals surface area contributed by atoms with E-state index in [2.05, 4.69) is 24.0 Å². The molecule has 0 radical (unpaired) electrons. The summed E-state index contributed by atoms with van der Waals surface area (Å²) in [5.41, 5.74) is 9.48. The normalized spacial score (nSPS) is 26.5. The molecule has 2 N–H and O–H groups in total. The lowest BCUT2D eigenvalue weighted by atomic mass is 10.0. The van der Waals surface area contributed by atoms with Crippen molar-refractivity contribution < 1.29 is 0 Å². The zero-order chi connectivity index (χ0) is 12.0. The van der Waals surface area contributed by atoms with Crippen LogP contribution in [-0.2, 0) is 0 Å². The van der Waals surface area contributed by atoms with Crippen LogP contribution in [-0.4, -0.2) is 17.6 Å². The van der Waals surface area contributed by atoms with Crippen LogP contribution < -0.4 is 10.6 Å². The first kappa shape index (κ1) is 11.0. The second-order valence-electron chi connectivity index (χ2n) is 5.32. The molecule has 0 aromatic heterocycles. The Hall–Kier alpha value is -1.09. The number of aryl methyl sites for hydroxylation is 1. The predicted octanol–water partition coefficient (Wildman–Crippen LogP) is 2.62. The summed E-state index contributed by atoms with van der Waals surface area (Å²) < 4.78 is 0. The molecule has 2 nitrogen and oxygen atoms in total. The predicted molar refractivity (Wildman–Crippen MR) is 75.5 cm³/mol. The summed E-state index contributed by atoms with van der Waals surface area (Å²) in [6, 6.07) is 6.97. The SMILES string of the molecule is Cc1cccc(C(N)=S)c1N1CC2CCC1C2. The molecule has 1 heterocycles. The van der Waals surface area contributed by atoms with Crippen molar-refractivity contribution in [1.82, 2.24) is 0 Å². The molecule has 3 heteroatoms. The van der Waals surface area contributed by atoms with Gasteiger partial charge in [0.05, 0.1) is 5.69 Å². The molecule has 2 fully saturated rings. The number of nitrogens with two attached hydrogens (primary N) is 1. The molecule has 1 aromatic carbocycles. The van der Waals surface area contributed by atoms with E-state index in [4.69, 9.17) is 18.0 Å². The van der Waals surface area contributed by atoms with Gasteiger partial charge in [-0.25, -0.2) is 0 Å². The van der Waals surface area contributed by atoms with E-state index in [-0.39, 0.29) is 0 Å². The van der Waals surface area contributed by atoms with Gasteiger partial charge in [-0.2, -0.15) is 0 Å². The maximum absolute atomic E-state index is 5.85. The second-order valence-corrected chi connectivity index (χ2v) is 5.76. The average molecular weight is 246 g/mol. The number of nitrogens with zero attached hydrogens (tertiary/aromatic N) is 1. The summed E-state index contributed by atoms with van der Waals surface area (Å²) in [6.07, 6.45) is 4.08. The third-order valence-electron chi connectivity index (χ3n) is 4.20. The van der Waals surface area contributed by atoms with E-state index in [1.165, 1.54) is 37.1 Å². The first-order chi connectivity index (χ1) is 8.16. The molecule has 2 bridgehead atoms. The first-order valence-electron chi connectivity index (χ1n) is 6.33. The minimum absolute atomic E-state index is 0.520. The molecule has 2 aliphatic rings. The summed E-state index contributed by atoms with van der Waals surface area (Å²) in [7, 11) is 0. The van der Waals surface area contributed by atoms with Crippen LogP contribution in [0.5, 0.6) is 0 Å². The molecule has 90 valence electrons. The topological polar surface area (TPSA) is 29.3 Å². The lowest BCUT2D eigenvalue weighted by molar-refractivity contribution is 0.553. The fourth-order valence-corrected chi connectivity index (χ4v) is 3.60. The van der Waals surface area contributed by atoms with Crippen LogP contribution in [0.25, 0.3) is 0 Å². The molecule has 1 aliphatic heterocycles. The first-order valence-corrected chi connectivity index (χ1v) is 6.73. The smallest absolute Gasteiger partial charge is 0.106 e. The lowest BCUT2D eigenvalue weighted by Crippen LogP contribution is -2.34. The van der Waals surface area contributed by atoms with Crippen LogP contribution in [0.1, 0.15) is 30.4 Å². The molecule has 0 amide bonds. The van der Waals surface area contributed by atoms with E-state index in [0.29, 0.717) is 11.0 Å². The van der Waals surface area contributed by atoms with E-state index in [9.17, 15) is 0 Å². The number of hydrogen-bond acceptors (Lipinski definition) is 2. The van der Waals surface area contributed by atoms with Crippen LogP contribution in [0.2, 0.25) is 0 Å². The molecular weight excluding hydrogens is 228 g/mol. The summed E-state index contributed by atoms with van der Waals surface area (Å²) >= 11 is 5.18. The number of fused-ring (bicyclic) bond motifs is 2. The van der Waals surface area contributed by atoms with Crippen molar-refractivity contribution >= 4 is 22.9 Å². The molecular formula is C14H18N2S. The fraction of sp³-hybridized carbons (Fsp3) is 0.500. The zero-order valence-corrected chi connectivity index (χ0v) is 11.0. The summed E-state index contributed by atoms with van der Waals surface area (Å²) in [5, 5.41) is 0. The van der Waals surface area contributed by atoms with Gasteiger partial charge in [-0.3, -0.25) is 0 Å². The molecule has 3 rings (SSSR count). The minimum atomic E-state index is 0.520. The third-order valence-corrected chi connectivity index (χ3v) is 4.42. The quantitative estimate of drug-likeness (QED) is 0.813. The Morgan fingerprint density at radius 3 is 2.82 bits per heavy atom. The van der Waals surface area contributed by atoms with E-state index in [1.807, 2.05) is 6.07 Å². The molecule has 1 aliphatic carbocycles. The van der Waals surface area contributed by atoms with Crippen molar-refractivity contribution in [3.63, 3.8) is 0 Å². The maximum Gasteiger partial charge on any atom is 0.106 e. The highest BCUT2D eigenvalue weighted by Crippen LogP contribution is 2.42. The van der Waals surface area contributed by atoms with Gasteiger partial charge >= 0.3 is 0 Å². The van der Waals surface area contributed by atoms with Crippen LogP contribution in [0.3, 0.4) is 0 Å². The van der Waals surface area contributed by atoms with E-state index < -0.39 is 0 Å². The molecule has 2 unspecified atom stereocenters. The van der Waals surface area contributed by atoms with Gasteiger partial charge in [0.2, 0.25) is 0 Å². The Balaban J connectivity index is 2.05. The number of benzene rings is 1. The van der Waals surface area contributed by atoms with Gasteiger partial charge in [0, 0.05) is 18.2 Å². The molecule has 2 atom stereocenters. The van der Waals surface area contributed by atoms with Gasteiger partial charge < -0.3 is 10.6 Å². The summed E-state index contributed by atoms with van der Waals surface area (Å²) in [6.45, 7) is 3.34. The Kier molecular flexibility index (Phi) is 2.58. The van der Waals surface area contributed by atoms with Gasteiger partial charge in [0.15, 0.2) is 0 Å². The summed E-state index contributed by atoms with van der Waals surface area (Å²) in [4.78, 5) is 3.06. The zero-order valence-electron chi connectivity index (χ0n) is 10.1. The standard InChI is InChI=1S/C14H18N2S/c1-9-3-2-4-12(14(15)17)13(9)16-8-10-5-6-11(16)7-10/h2-4,10-11H,5-8H2,1H3,(H2,15,17). The fourth-order valence-electron chi connectivity index (χ4n) is 3.44. The van der Waals surface area contributed by atoms with Crippen molar-refractivity contribution in [3.8, 4) is 0 Å². The van der Waals surface area contributed by atoms with Crippen molar-refractivity contribution in [2.75, 3.05) is 11.4 Å². The Morgan fingerprint density at radius 2 is 2.24 bits per heavy atom. The van der Waals surface area contributed by atoms with Crippen molar-refractivity contribution in [3.05, 3.63) is 29.3 Å². The van der Waals surface area contributed by atoms with Gasteiger partial charge in [-0.05, 0) is 43.7 Å². The second kappa shape index (κ2) is 3.98. The Labute approximate surface area is 108 Å². The van der Waals surface area contributed by atoms with Gasteiger partial charge in [-0.15, -0.1) is 0 Å². The van der Waals surface area contributed by atoms with Crippen molar-refractivity contribution in [1.29, 1.82) is 0 Å². The lowest BCUT2D eigenvalue weighted by Gasteiger charge is -2.32. The highest BCUT2D eigenvalue weighted by atomic mass is 32.1. The Bertz CT molecular complexity index is 469. The Morgan fingerprint density at radius 1 is 1.41 bits per heavy atom. The molecule has 1 saturated carbocycles. The highest BCUT2D eigenvalue weighted by molar-refractivity contribution is 7.80. The van der Waals surface area contributed by atoms with Crippen LogP contribution in [0.4, 0.5) is 5.69 Å². The van der Waals surface area contributed by atoms with Crippen molar-refractivity contribution in [2.45, 2.75) is 32.2 Å². The highest BCUT2D eigenvalue weighted by Gasteiger charge is 2.39. The number of piperidine rings is 1. The molecule has 17 heavy (non-hydrogen) atoms. The van der Waals surface area contributed by atoms with Crippen LogP contribution in [0.15, 0.2) is 18.2 Å². The monoisotopic (exact) mass is 246 g/mol. The average Bonchev–Trinajstić information content (AvgIpc) is 2.90. The third kappa shape index (κ3) is 1.73. The summed E-state index contributed by atoms with van der Waals surface area (Å²) in [5.74, 6) is 0.888. The van der Waals surface area contributed by atoms with Gasteiger partial charge in [0.25, 0.3) is 0 Å². The molecule has 1 aromatic rings. The number of thiocarbonyl (C=S) groups is 1. The van der Waals surface area contributed by atoms with Crippen molar-refractivity contribution in [2.24, 2.45) is 11.7 Å². The number of para-hydroxylation sites is 1. The number of rotatable bonds is 2. The maximum atomic E-state index is 5.85. The van der Waals surface area contributed by atoms with Gasteiger partial charge in [0.1, 0.15) is 4.99 Å². The van der Waals surface area contributed by atoms with Gasteiger partial charge in [-0.1, -0.05) is 24.4 Å². The van der Waals surface area contributed by atoms with E-state index in [1.54, 1.807) is 0 Å².